The monoisotopic (exact) mass is 296 g/mol. The van der Waals surface area contributed by atoms with Crippen LogP contribution in [0, 0.1) is 0 Å². The average molecular weight is 296 g/mol. The van der Waals surface area contributed by atoms with Crippen LogP contribution in [0.1, 0.15) is 5.56 Å². The molecule has 0 aromatic heterocycles. The summed E-state index contributed by atoms with van der Waals surface area (Å²) in [5.41, 5.74) is -5.52. The Balaban J connectivity index is 3.12. The first-order valence-electron chi connectivity index (χ1n) is 4.64. The molecule has 1 aromatic rings. The number of carboxylic acids is 1. The van der Waals surface area contributed by atoms with Crippen molar-refractivity contribution in [1.29, 1.82) is 0 Å². The van der Waals surface area contributed by atoms with Crippen molar-refractivity contribution in [3.05, 3.63) is 41.7 Å². The standard InChI is InChI=1S/C10H7F3O5S/c11-10(12,13)19(16,17)18-8(9(14)15)6-7-4-2-1-3-5-7/h1-6H,(H,14,15). The van der Waals surface area contributed by atoms with Gasteiger partial charge in [0.25, 0.3) is 0 Å². The minimum atomic E-state index is -6.01. The zero-order chi connectivity index (χ0) is 14.7. The zero-order valence-electron chi connectivity index (χ0n) is 9.09. The molecule has 0 aliphatic rings. The Kier molecular flexibility index (Phi) is 4.20. The molecule has 0 spiro atoms. The highest BCUT2D eigenvalue weighted by atomic mass is 32.2. The van der Waals surface area contributed by atoms with Gasteiger partial charge in [-0.25, -0.2) is 4.79 Å². The number of hydrogen-bond donors (Lipinski definition) is 1. The maximum Gasteiger partial charge on any atom is 0.534 e. The molecule has 9 heteroatoms. The van der Waals surface area contributed by atoms with Crippen molar-refractivity contribution in [3.8, 4) is 0 Å². The van der Waals surface area contributed by atoms with E-state index in [1.807, 2.05) is 0 Å². The molecule has 0 amide bonds. The number of carbonyl (C=O) groups is 1. The molecule has 1 N–H and O–H groups in total. The van der Waals surface area contributed by atoms with Gasteiger partial charge in [-0.05, 0) is 11.6 Å². The fourth-order valence-electron chi connectivity index (χ4n) is 0.988. The van der Waals surface area contributed by atoms with Gasteiger partial charge in [0, 0.05) is 0 Å². The first kappa shape index (κ1) is 15.0. The quantitative estimate of drug-likeness (QED) is 0.398. The molecule has 104 valence electrons. The first-order valence-corrected chi connectivity index (χ1v) is 6.05. The smallest absolute Gasteiger partial charge is 0.475 e. The number of aliphatic carboxylic acids is 1. The van der Waals surface area contributed by atoms with Gasteiger partial charge in [-0.2, -0.15) is 21.6 Å². The second-order valence-electron chi connectivity index (χ2n) is 3.21. The van der Waals surface area contributed by atoms with Crippen LogP contribution in [-0.4, -0.2) is 25.0 Å². The lowest BCUT2D eigenvalue weighted by Gasteiger charge is -2.09. The van der Waals surface area contributed by atoms with E-state index in [0.717, 1.165) is 0 Å². The number of alkyl halides is 3. The molecule has 19 heavy (non-hydrogen) atoms. The molecule has 0 unspecified atom stereocenters. The summed E-state index contributed by atoms with van der Waals surface area (Å²) in [5, 5.41) is 8.64. The number of rotatable bonds is 4. The Morgan fingerprint density at radius 2 is 1.74 bits per heavy atom. The second kappa shape index (κ2) is 5.31. The van der Waals surface area contributed by atoms with Crippen LogP contribution in [0.25, 0.3) is 6.08 Å². The van der Waals surface area contributed by atoms with Crippen molar-refractivity contribution in [2.24, 2.45) is 0 Å². The fourth-order valence-corrected chi connectivity index (χ4v) is 1.44. The van der Waals surface area contributed by atoms with Crippen LogP contribution in [-0.2, 0) is 19.1 Å². The SMILES string of the molecule is O=C(O)C(=Cc1ccccc1)OS(=O)(=O)C(F)(F)F. The molecule has 5 nitrogen and oxygen atoms in total. The highest BCUT2D eigenvalue weighted by Gasteiger charge is 2.49. The summed E-state index contributed by atoms with van der Waals surface area (Å²) < 4.78 is 61.2. The van der Waals surface area contributed by atoms with Crippen LogP contribution in [0.5, 0.6) is 0 Å². The molecule has 0 radical (unpaired) electrons. The Bertz CT molecular complexity index is 589. The van der Waals surface area contributed by atoms with Crippen LogP contribution in [0.4, 0.5) is 13.2 Å². The summed E-state index contributed by atoms with van der Waals surface area (Å²) in [7, 11) is -6.01. The van der Waals surface area contributed by atoms with Crippen LogP contribution < -0.4 is 0 Å². The predicted octanol–water partition coefficient (Wildman–Crippen LogP) is 1.98. The van der Waals surface area contributed by atoms with E-state index in [4.69, 9.17) is 5.11 Å². The van der Waals surface area contributed by atoms with E-state index in [1.54, 1.807) is 6.07 Å². The lowest BCUT2D eigenvalue weighted by atomic mass is 10.2. The minimum Gasteiger partial charge on any atom is -0.475 e. The van der Waals surface area contributed by atoms with Gasteiger partial charge in [-0.1, -0.05) is 30.3 Å². The van der Waals surface area contributed by atoms with E-state index in [1.165, 1.54) is 24.3 Å². The lowest BCUT2D eigenvalue weighted by Crippen LogP contribution is -2.26. The summed E-state index contributed by atoms with van der Waals surface area (Å²) in [6.45, 7) is 0. The van der Waals surface area contributed by atoms with E-state index in [0.29, 0.717) is 6.08 Å². The predicted molar refractivity (Wildman–Crippen MR) is 58.1 cm³/mol. The second-order valence-corrected chi connectivity index (χ2v) is 4.75. The number of benzene rings is 1. The summed E-state index contributed by atoms with van der Waals surface area (Å²) in [5.74, 6) is -3.28. The lowest BCUT2D eigenvalue weighted by molar-refractivity contribution is -0.135. The summed E-state index contributed by atoms with van der Waals surface area (Å²) >= 11 is 0. The van der Waals surface area contributed by atoms with E-state index in [9.17, 15) is 26.4 Å². The molecule has 0 saturated carbocycles. The fraction of sp³-hybridized carbons (Fsp3) is 0.100. The largest absolute Gasteiger partial charge is 0.534 e. The summed E-state index contributed by atoms with van der Waals surface area (Å²) in [6, 6.07) is 7.30. The average Bonchev–Trinajstić information content (AvgIpc) is 2.27. The van der Waals surface area contributed by atoms with Crippen LogP contribution in [0.3, 0.4) is 0 Å². The molecule has 0 atom stereocenters. The number of halogens is 3. The topological polar surface area (TPSA) is 80.7 Å². The molecule has 0 aliphatic heterocycles. The van der Waals surface area contributed by atoms with Crippen molar-refractivity contribution in [2.45, 2.75) is 5.51 Å². The van der Waals surface area contributed by atoms with Crippen LogP contribution in [0.15, 0.2) is 36.1 Å². The van der Waals surface area contributed by atoms with Gasteiger partial charge in [0.1, 0.15) is 0 Å². The van der Waals surface area contributed by atoms with Gasteiger partial charge in [-0.3, -0.25) is 0 Å². The maximum absolute atomic E-state index is 12.1. The Morgan fingerprint density at radius 3 is 2.16 bits per heavy atom. The third kappa shape index (κ3) is 3.98. The van der Waals surface area contributed by atoms with Crippen molar-refractivity contribution < 1.29 is 35.7 Å². The number of hydrogen-bond acceptors (Lipinski definition) is 4. The number of carboxylic acid groups (broad SMARTS) is 1. The van der Waals surface area contributed by atoms with E-state index in [2.05, 4.69) is 4.18 Å². The Labute approximate surface area is 106 Å². The highest BCUT2D eigenvalue weighted by molar-refractivity contribution is 7.87. The molecule has 1 aromatic carbocycles. The Morgan fingerprint density at radius 1 is 1.21 bits per heavy atom. The van der Waals surface area contributed by atoms with E-state index < -0.39 is 27.4 Å². The molecule has 0 saturated heterocycles. The van der Waals surface area contributed by atoms with Gasteiger partial charge >= 0.3 is 21.6 Å². The maximum atomic E-state index is 12.1. The van der Waals surface area contributed by atoms with Crippen molar-refractivity contribution in [2.75, 3.05) is 0 Å². The Hall–Kier alpha value is -2.03. The third-order valence-electron chi connectivity index (χ3n) is 1.79. The van der Waals surface area contributed by atoms with E-state index in [-0.39, 0.29) is 5.56 Å². The van der Waals surface area contributed by atoms with Crippen molar-refractivity contribution in [1.82, 2.24) is 0 Å². The van der Waals surface area contributed by atoms with Gasteiger partial charge in [-0.15, -0.1) is 0 Å². The van der Waals surface area contributed by atoms with E-state index >= 15 is 0 Å². The zero-order valence-corrected chi connectivity index (χ0v) is 9.90. The van der Waals surface area contributed by atoms with Crippen molar-refractivity contribution in [3.63, 3.8) is 0 Å². The van der Waals surface area contributed by atoms with Gasteiger partial charge < -0.3 is 9.29 Å². The molecule has 1 rings (SSSR count). The molecule has 0 heterocycles. The summed E-state index contributed by atoms with van der Waals surface area (Å²) in [4.78, 5) is 10.7. The summed E-state index contributed by atoms with van der Waals surface area (Å²) in [6.07, 6.45) is 0.672. The van der Waals surface area contributed by atoms with Crippen LogP contribution >= 0.6 is 0 Å². The third-order valence-corrected chi connectivity index (χ3v) is 2.76. The molecular weight excluding hydrogens is 289 g/mol. The molecule has 0 fully saturated rings. The molecule has 0 aliphatic carbocycles. The molecule has 0 bridgehead atoms. The van der Waals surface area contributed by atoms with Crippen molar-refractivity contribution >= 4 is 22.2 Å². The van der Waals surface area contributed by atoms with Gasteiger partial charge in [0.2, 0.25) is 5.76 Å². The highest BCUT2D eigenvalue weighted by Crippen LogP contribution is 2.27. The van der Waals surface area contributed by atoms with Crippen LogP contribution in [0.2, 0.25) is 0 Å². The molecular formula is C10H7F3O5S. The first-order chi connectivity index (χ1) is 8.63. The van der Waals surface area contributed by atoms with Gasteiger partial charge in [0.05, 0.1) is 0 Å². The normalized spacial score (nSPS) is 13.1. The minimum absolute atomic E-state index is 0.178. The van der Waals surface area contributed by atoms with Gasteiger partial charge in [0.15, 0.2) is 0 Å².